The molecule has 1 aromatic carbocycles. The maximum absolute atomic E-state index is 13.4. The number of benzene rings is 1. The Balaban J connectivity index is 1.58. The summed E-state index contributed by atoms with van der Waals surface area (Å²) in [5.74, 6) is -0.195. The molecule has 33 heavy (non-hydrogen) atoms. The molecule has 2 aromatic rings. The summed E-state index contributed by atoms with van der Waals surface area (Å²) in [5.41, 5.74) is 0.855. The molecule has 10 heteroatoms. The second-order valence-corrected chi connectivity index (χ2v) is 10.6. The van der Waals surface area contributed by atoms with Crippen molar-refractivity contribution < 1.29 is 22.7 Å². The molecule has 1 spiro atoms. The summed E-state index contributed by atoms with van der Waals surface area (Å²) >= 11 is 0. The molecule has 0 bridgehead atoms. The predicted molar refractivity (Wildman–Crippen MR) is 121 cm³/mol. The number of nitrogens with zero attached hydrogens (tertiary/aromatic N) is 3. The summed E-state index contributed by atoms with van der Waals surface area (Å²) in [5, 5.41) is 2.51. The van der Waals surface area contributed by atoms with Crippen molar-refractivity contribution in [3.8, 4) is 5.75 Å². The number of rotatable bonds is 3. The minimum absolute atomic E-state index is 0.0586. The summed E-state index contributed by atoms with van der Waals surface area (Å²) in [6, 6.07) is 10.1. The number of nitrogens with one attached hydrogen (secondary N) is 1. The van der Waals surface area contributed by atoms with Gasteiger partial charge in [-0.1, -0.05) is 12.1 Å². The van der Waals surface area contributed by atoms with Crippen molar-refractivity contribution in [1.29, 1.82) is 0 Å². The highest BCUT2D eigenvalue weighted by molar-refractivity contribution is 7.89. The number of likely N-dealkylation sites (N-methyl/N-ethyl adjacent to an activating group) is 1. The molecule has 2 amide bonds. The number of aryl methyl sites for hydroxylation is 1. The van der Waals surface area contributed by atoms with Crippen molar-refractivity contribution in [2.75, 3.05) is 39.8 Å². The van der Waals surface area contributed by atoms with E-state index in [0.29, 0.717) is 38.1 Å². The molecule has 0 radical (unpaired) electrons. The highest BCUT2D eigenvalue weighted by Crippen LogP contribution is 2.39. The average Bonchev–Trinajstić information content (AvgIpc) is 2.82. The number of hydrogen-bond acceptors (Lipinski definition) is 6. The van der Waals surface area contributed by atoms with E-state index < -0.39 is 15.4 Å². The monoisotopic (exact) mass is 472 g/mol. The fourth-order valence-electron chi connectivity index (χ4n) is 4.30. The van der Waals surface area contributed by atoms with E-state index in [9.17, 15) is 18.0 Å². The van der Waals surface area contributed by atoms with Crippen LogP contribution in [0.25, 0.3) is 0 Å². The topological polar surface area (TPSA) is 109 Å². The molecule has 176 valence electrons. The molecule has 2 aliphatic rings. The molecule has 1 saturated heterocycles. The molecule has 0 saturated carbocycles. The highest BCUT2D eigenvalue weighted by Gasteiger charge is 2.44. The van der Waals surface area contributed by atoms with Crippen molar-refractivity contribution in [3.05, 3.63) is 53.9 Å². The number of sulfonamides is 1. The number of para-hydroxylation sites is 1. The van der Waals surface area contributed by atoms with Crippen LogP contribution < -0.4 is 10.1 Å². The first-order chi connectivity index (χ1) is 15.7. The van der Waals surface area contributed by atoms with Gasteiger partial charge in [0.05, 0.1) is 18.7 Å². The Morgan fingerprint density at radius 3 is 2.55 bits per heavy atom. The van der Waals surface area contributed by atoms with Gasteiger partial charge in [-0.25, -0.2) is 8.42 Å². The molecule has 1 fully saturated rings. The lowest BCUT2D eigenvalue weighted by Gasteiger charge is -2.44. The number of hydrogen-bond donors (Lipinski definition) is 1. The molecule has 3 heterocycles. The van der Waals surface area contributed by atoms with Crippen LogP contribution in [-0.4, -0.2) is 74.3 Å². The zero-order valence-electron chi connectivity index (χ0n) is 18.8. The Labute approximate surface area is 193 Å². The van der Waals surface area contributed by atoms with Crippen LogP contribution in [0.3, 0.4) is 0 Å². The smallest absolute Gasteiger partial charge is 0.255 e. The molecular weight excluding hydrogens is 444 g/mol. The van der Waals surface area contributed by atoms with Crippen molar-refractivity contribution in [2.45, 2.75) is 24.7 Å². The third-order valence-electron chi connectivity index (χ3n) is 6.38. The summed E-state index contributed by atoms with van der Waals surface area (Å²) in [6.45, 7) is 2.97. The lowest BCUT2D eigenvalue weighted by Crippen LogP contribution is -2.53. The first kappa shape index (κ1) is 23.2. The molecular formula is C23H28N4O5S. The summed E-state index contributed by atoms with van der Waals surface area (Å²) < 4.78 is 34.1. The van der Waals surface area contributed by atoms with E-state index in [1.165, 1.54) is 17.4 Å². The predicted octanol–water partition coefficient (Wildman–Crippen LogP) is 1.44. The molecule has 2 aliphatic heterocycles. The number of amides is 2. The number of aromatic nitrogens is 1. The third-order valence-corrected chi connectivity index (χ3v) is 8.21. The first-order valence-corrected chi connectivity index (χ1v) is 12.3. The second-order valence-electron chi connectivity index (χ2n) is 8.66. The number of pyridine rings is 1. The summed E-state index contributed by atoms with van der Waals surface area (Å²) in [4.78, 5) is 31.1. The van der Waals surface area contributed by atoms with Gasteiger partial charge in [0, 0.05) is 44.0 Å². The van der Waals surface area contributed by atoms with Crippen molar-refractivity contribution in [1.82, 2.24) is 19.5 Å². The molecule has 0 aliphatic carbocycles. The van der Waals surface area contributed by atoms with Gasteiger partial charge in [-0.2, -0.15) is 4.31 Å². The van der Waals surface area contributed by atoms with Crippen molar-refractivity contribution in [3.63, 3.8) is 0 Å². The van der Waals surface area contributed by atoms with Gasteiger partial charge in [0.2, 0.25) is 15.9 Å². The van der Waals surface area contributed by atoms with Crippen LogP contribution in [0.4, 0.5) is 0 Å². The number of carbonyl (C=O) groups excluding carboxylic acids is 2. The van der Waals surface area contributed by atoms with E-state index in [1.807, 2.05) is 6.92 Å². The van der Waals surface area contributed by atoms with E-state index >= 15 is 0 Å². The van der Waals surface area contributed by atoms with Gasteiger partial charge in [-0.05, 0) is 44.0 Å². The van der Waals surface area contributed by atoms with Crippen LogP contribution in [0.15, 0.2) is 47.5 Å². The Kier molecular flexibility index (Phi) is 6.40. The SMILES string of the molecule is CNC(=O)CN1CC2(CCN(C(=O)c3ccc(C)nc3)CC2)COc2ccccc2S1(=O)=O. The van der Waals surface area contributed by atoms with E-state index in [2.05, 4.69) is 10.3 Å². The molecule has 9 nitrogen and oxygen atoms in total. The first-order valence-electron chi connectivity index (χ1n) is 10.9. The average molecular weight is 473 g/mol. The van der Waals surface area contributed by atoms with Gasteiger partial charge >= 0.3 is 0 Å². The van der Waals surface area contributed by atoms with Crippen LogP contribution in [0, 0.1) is 12.3 Å². The van der Waals surface area contributed by atoms with Crippen LogP contribution >= 0.6 is 0 Å². The van der Waals surface area contributed by atoms with E-state index in [4.69, 9.17) is 4.74 Å². The van der Waals surface area contributed by atoms with E-state index in [0.717, 1.165) is 5.69 Å². The quantitative estimate of drug-likeness (QED) is 0.724. The standard InChI is InChI=1S/C23H28N4O5S/c1-17-7-8-18(13-25-17)22(29)26-11-9-23(10-12-26)15-27(14-21(28)24-2)33(30,31)20-6-4-3-5-19(20)32-16-23/h3-8,13H,9-12,14-16H2,1-2H3,(H,24,28). The van der Waals surface area contributed by atoms with Crippen LogP contribution in [0.1, 0.15) is 28.9 Å². The van der Waals surface area contributed by atoms with Gasteiger partial charge < -0.3 is 15.0 Å². The van der Waals surface area contributed by atoms with E-state index in [1.54, 1.807) is 41.4 Å². The number of piperidine rings is 1. The van der Waals surface area contributed by atoms with Crippen LogP contribution in [0.2, 0.25) is 0 Å². The van der Waals surface area contributed by atoms with Gasteiger partial charge in [-0.15, -0.1) is 0 Å². The number of ether oxygens (including phenoxy) is 1. The van der Waals surface area contributed by atoms with Crippen molar-refractivity contribution in [2.24, 2.45) is 5.41 Å². The normalized spacial score (nSPS) is 19.6. The maximum atomic E-state index is 13.4. The van der Waals surface area contributed by atoms with Crippen LogP contribution in [0.5, 0.6) is 5.75 Å². The fourth-order valence-corrected chi connectivity index (χ4v) is 5.94. The Bertz CT molecular complexity index is 1140. The number of carbonyl (C=O) groups is 2. The maximum Gasteiger partial charge on any atom is 0.255 e. The Morgan fingerprint density at radius 2 is 1.88 bits per heavy atom. The van der Waals surface area contributed by atoms with Gasteiger partial charge in [0.15, 0.2) is 0 Å². The summed E-state index contributed by atoms with van der Waals surface area (Å²) in [6.07, 6.45) is 2.69. The second kappa shape index (κ2) is 9.11. The van der Waals surface area contributed by atoms with Gasteiger partial charge in [-0.3, -0.25) is 14.6 Å². The molecule has 0 atom stereocenters. The number of likely N-dealkylation sites (tertiary alicyclic amines) is 1. The minimum Gasteiger partial charge on any atom is -0.492 e. The van der Waals surface area contributed by atoms with E-state index in [-0.39, 0.29) is 35.5 Å². The lowest BCUT2D eigenvalue weighted by molar-refractivity contribution is -0.121. The fraction of sp³-hybridized carbons (Fsp3) is 0.435. The van der Waals surface area contributed by atoms with Crippen LogP contribution in [-0.2, 0) is 14.8 Å². The largest absolute Gasteiger partial charge is 0.492 e. The Morgan fingerprint density at radius 1 is 1.15 bits per heavy atom. The molecule has 1 aromatic heterocycles. The zero-order valence-corrected chi connectivity index (χ0v) is 19.6. The minimum atomic E-state index is -3.94. The zero-order chi connectivity index (χ0) is 23.6. The molecule has 4 rings (SSSR count). The lowest BCUT2D eigenvalue weighted by atomic mass is 9.78. The van der Waals surface area contributed by atoms with Gasteiger partial charge in [0.25, 0.3) is 5.91 Å². The molecule has 0 unspecified atom stereocenters. The van der Waals surface area contributed by atoms with Gasteiger partial charge in [0.1, 0.15) is 10.6 Å². The van der Waals surface area contributed by atoms with Crippen molar-refractivity contribution >= 4 is 21.8 Å². The molecule has 1 N–H and O–H groups in total. The summed E-state index contributed by atoms with van der Waals surface area (Å²) in [7, 11) is -2.46. The number of fused-ring (bicyclic) bond motifs is 1. The Hall–Kier alpha value is -2.98. The highest BCUT2D eigenvalue weighted by atomic mass is 32.2. The third kappa shape index (κ3) is 4.72.